The normalized spacial score (nSPS) is 13.6. The van der Waals surface area contributed by atoms with E-state index in [1.807, 2.05) is 67.6 Å². The molecule has 0 aliphatic rings. The van der Waals surface area contributed by atoms with Crippen LogP contribution in [0.15, 0.2) is 102 Å². The first-order chi connectivity index (χ1) is 18.7. The summed E-state index contributed by atoms with van der Waals surface area (Å²) < 4.78 is 6.86. The maximum Gasteiger partial charge on any atom is 0.225 e. The number of aryl methyl sites for hydroxylation is 1. The molecule has 4 N–H and O–H groups in total. The second-order valence-corrected chi connectivity index (χ2v) is 9.96. The summed E-state index contributed by atoms with van der Waals surface area (Å²) in [5, 5.41) is 34.1. The fourth-order valence-corrected chi connectivity index (χ4v) is 4.87. The van der Waals surface area contributed by atoms with Gasteiger partial charge in [-0.25, -0.2) is 0 Å². The Morgan fingerprint density at radius 3 is 2.38 bits per heavy atom. The number of hydrogen-bond donors (Lipinski definition) is 4. The van der Waals surface area contributed by atoms with Gasteiger partial charge in [0.25, 0.3) is 0 Å². The number of furan rings is 1. The molecule has 7 nitrogen and oxygen atoms in total. The van der Waals surface area contributed by atoms with E-state index >= 15 is 0 Å². The zero-order chi connectivity index (χ0) is 27.6. The summed E-state index contributed by atoms with van der Waals surface area (Å²) in [4.78, 5) is 13.3. The van der Waals surface area contributed by atoms with Gasteiger partial charge in [0, 0.05) is 27.8 Å². The Hall–Kier alpha value is -4.46. The van der Waals surface area contributed by atoms with Crippen LogP contribution >= 0.6 is 0 Å². The minimum Gasteiger partial charge on any atom is -0.458 e. The van der Waals surface area contributed by atoms with Gasteiger partial charge in [0.2, 0.25) is 18.3 Å². The molecule has 2 heterocycles. The van der Waals surface area contributed by atoms with Crippen molar-refractivity contribution in [3.05, 3.63) is 136 Å². The first kappa shape index (κ1) is 26.2. The molecule has 0 bridgehead atoms. The van der Waals surface area contributed by atoms with E-state index < -0.39 is 5.60 Å². The quantitative estimate of drug-likeness (QED) is 0.177. The Morgan fingerprint density at radius 1 is 0.974 bits per heavy atom. The fourth-order valence-electron chi connectivity index (χ4n) is 4.87. The van der Waals surface area contributed by atoms with Crippen molar-refractivity contribution in [1.82, 2.24) is 5.32 Å². The molecule has 0 fully saturated rings. The van der Waals surface area contributed by atoms with Gasteiger partial charge < -0.3 is 19.9 Å². The van der Waals surface area contributed by atoms with Crippen molar-refractivity contribution in [2.24, 2.45) is 0 Å². The molecule has 2 aromatic heterocycles. The van der Waals surface area contributed by atoms with E-state index in [1.165, 1.54) is 12.4 Å². The van der Waals surface area contributed by atoms with Crippen LogP contribution in [0, 0.1) is 6.92 Å². The highest BCUT2D eigenvalue weighted by atomic mass is 16.5. The van der Waals surface area contributed by atoms with Crippen LogP contribution in [0.3, 0.4) is 0 Å². The van der Waals surface area contributed by atoms with E-state index in [1.54, 1.807) is 31.2 Å². The van der Waals surface area contributed by atoms with E-state index in [0.29, 0.717) is 16.9 Å². The van der Waals surface area contributed by atoms with Crippen molar-refractivity contribution in [3.63, 3.8) is 0 Å². The molecule has 2 unspecified atom stereocenters. The largest absolute Gasteiger partial charge is 0.458 e. The van der Waals surface area contributed by atoms with Crippen LogP contribution in [0.25, 0.3) is 11.0 Å². The molecule has 0 aliphatic heterocycles. The van der Waals surface area contributed by atoms with Gasteiger partial charge in [0.1, 0.15) is 16.9 Å². The number of aliphatic hydroxyl groups is 2. The molecule has 0 saturated heterocycles. The van der Waals surface area contributed by atoms with Crippen LogP contribution in [-0.4, -0.2) is 21.3 Å². The summed E-state index contributed by atoms with van der Waals surface area (Å²) in [6.45, 7) is 3.58. The molecule has 0 saturated carbocycles. The average Bonchev–Trinajstić information content (AvgIpc) is 3.37. The third-order valence-electron chi connectivity index (χ3n) is 7.07. The van der Waals surface area contributed by atoms with E-state index in [9.17, 15) is 20.2 Å². The lowest BCUT2D eigenvalue weighted by atomic mass is 9.93. The highest BCUT2D eigenvalue weighted by Crippen LogP contribution is 2.33. The summed E-state index contributed by atoms with van der Waals surface area (Å²) in [6.07, 6.45) is 3.04. The maximum absolute atomic E-state index is 13.3. The van der Waals surface area contributed by atoms with E-state index in [4.69, 9.17) is 4.42 Å². The zero-order valence-electron chi connectivity index (χ0n) is 21.8. The standard InChI is InChI=1S/C32H30N2O5/c1-21-16-23(20-35)8-10-27(21)31(24-6-4-3-5-7-24)33-30(36)18-22-9-11-28-25(17-22)19-29(39-28)32(2,37)26-12-14-34(38)15-13-26/h3-17,19,31,35,37H,18,20H2,1-2H3,(H-,33,36,38)/p+1. The topological polar surface area (TPSA) is 107 Å². The van der Waals surface area contributed by atoms with Gasteiger partial charge in [-0.3, -0.25) is 10.0 Å². The molecule has 0 aliphatic carbocycles. The third kappa shape index (κ3) is 5.55. The number of carbonyl (C=O) groups is 1. The zero-order valence-corrected chi connectivity index (χ0v) is 21.8. The molecule has 3 aromatic carbocycles. The van der Waals surface area contributed by atoms with Gasteiger partial charge in [-0.2, -0.15) is 0 Å². The second-order valence-electron chi connectivity index (χ2n) is 9.96. The number of benzene rings is 3. The summed E-state index contributed by atoms with van der Waals surface area (Å²) in [5.41, 5.74) is 4.33. The number of nitrogens with one attached hydrogen (secondary N) is 1. The third-order valence-corrected chi connectivity index (χ3v) is 7.07. The minimum absolute atomic E-state index is 0.0366. The molecule has 198 valence electrons. The number of nitrogens with zero attached hydrogens (tertiary/aromatic N) is 1. The lowest BCUT2D eigenvalue weighted by Gasteiger charge is -2.22. The lowest BCUT2D eigenvalue weighted by Crippen LogP contribution is -2.31. The molecule has 5 rings (SSSR count). The number of rotatable bonds is 8. The maximum atomic E-state index is 13.3. The molecule has 0 radical (unpaired) electrons. The van der Waals surface area contributed by atoms with Gasteiger partial charge in [-0.05, 0) is 59.9 Å². The number of fused-ring (bicyclic) bond motifs is 1. The van der Waals surface area contributed by atoms with Gasteiger partial charge >= 0.3 is 0 Å². The van der Waals surface area contributed by atoms with Crippen LogP contribution in [0.5, 0.6) is 0 Å². The van der Waals surface area contributed by atoms with Gasteiger partial charge in [-0.15, -0.1) is 0 Å². The second kappa shape index (κ2) is 10.7. The van der Waals surface area contributed by atoms with Crippen molar-refractivity contribution in [2.75, 3.05) is 0 Å². The first-order valence-corrected chi connectivity index (χ1v) is 12.8. The summed E-state index contributed by atoms with van der Waals surface area (Å²) in [5.74, 6) is 0.229. The summed E-state index contributed by atoms with van der Waals surface area (Å²) in [7, 11) is 0. The molecule has 1 amide bonds. The van der Waals surface area contributed by atoms with Gasteiger partial charge in [0.15, 0.2) is 0 Å². The molecule has 2 atom stereocenters. The van der Waals surface area contributed by atoms with Crippen LogP contribution in [0.1, 0.15) is 52.1 Å². The SMILES string of the molecule is Cc1cc(CO)ccc1C(NC(=O)Cc1ccc2oc(C(C)(O)c3cc[n+](O)cc3)cc2c1)c1ccccc1. The van der Waals surface area contributed by atoms with Gasteiger partial charge in [-0.1, -0.05) is 54.6 Å². The number of aliphatic hydroxyl groups excluding tert-OH is 1. The van der Waals surface area contributed by atoms with Crippen LogP contribution < -0.4 is 10.0 Å². The number of aromatic nitrogens is 1. The molecule has 7 heteroatoms. The van der Waals surface area contributed by atoms with Crippen molar-refractivity contribution < 1.29 is 29.4 Å². The molecular formula is C32H31N2O5+. The molecular weight excluding hydrogens is 492 g/mol. The number of amides is 1. The Balaban J connectivity index is 1.38. The molecule has 39 heavy (non-hydrogen) atoms. The lowest BCUT2D eigenvalue weighted by molar-refractivity contribution is -0.904. The highest BCUT2D eigenvalue weighted by Gasteiger charge is 2.31. The van der Waals surface area contributed by atoms with Gasteiger partial charge in [0.05, 0.1) is 19.1 Å². The monoisotopic (exact) mass is 523 g/mol. The predicted molar refractivity (Wildman–Crippen MR) is 146 cm³/mol. The first-order valence-electron chi connectivity index (χ1n) is 12.8. The number of carbonyl (C=O) groups excluding carboxylic acids is 1. The molecule has 0 spiro atoms. The van der Waals surface area contributed by atoms with E-state index in [-0.39, 0.29) is 25.0 Å². The Kier molecular flexibility index (Phi) is 7.19. The van der Waals surface area contributed by atoms with Crippen molar-refractivity contribution in [2.45, 2.75) is 38.5 Å². The summed E-state index contributed by atoms with van der Waals surface area (Å²) in [6, 6.07) is 25.8. The smallest absolute Gasteiger partial charge is 0.225 e. The average molecular weight is 524 g/mol. The highest BCUT2D eigenvalue weighted by molar-refractivity contribution is 5.83. The Bertz CT molecular complexity index is 1610. The fraction of sp³-hybridized carbons (Fsp3) is 0.188. The van der Waals surface area contributed by atoms with E-state index in [2.05, 4.69) is 5.32 Å². The number of hydrogen-bond acceptors (Lipinski definition) is 5. The predicted octanol–water partition coefficient (Wildman–Crippen LogP) is 4.46. The van der Waals surface area contributed by atoms with Crippen LogP contribution in [0.2, 0.25) is 0 Å². The van der Waals surface area contributed by atoms with Crippen LogP contribution in [-0.2, 0) is 23.4 Å². The minimum atomic E-state index is -1.41. The van der Waals surface area contributed by atoms with Crippen molar-refractivity contribution in [1.29, 1.82) is 0 Å². The Labute approximate surface area is 226 Å². The number of pyridine rings is 1. The Morgan fingerprint density at radius 2 is 1.69 bits per heavy atom. The summed E-state index contributed by atoms with van der Waals surface area (Å²) >= 11 is 0. The molecule has 5 aromatic rings. The van der Waals surface area contributed by atoms with Crippen molar-refractivity contribution in [3.8, 4) is 0 Å². The van der Waals surface area contributed by atoms with Crippen LogP contribution in [0.4, 0.5) is 0 Å². The van der Waals surface area contributed by atoms with E-state index in [0.717, 1.165) is 37.9 Å². The van der Waals surface area contributed by atoms with Crippen molar-refractivity contribution >= 4 is 16.9 Å².